The largest absolute Gasteiger partial charge is 0.366 e. The van der Waals surface area contributed by atoms with Gasteiger partial charge in [0.15, 0.2) is 0 Å². The zero-order valence-corrected chi connectivity index (χ0v) is 13.5. The van der Waals surface area contributed by atoms with Crippen LogP contribution >= 0.6 is 0 Å². The molecule has 0 aromatic heterocycles. The van der Waals surface area contributed by atoms with Crippen LogP contribution < -0.4 is 16.2 Å². The molecule has 0 aliphatic heterocycles. The van der Waals surface area contributed by atoms with Gasteiger partial charge in [-0.1, -0.05) is 25.8 Å². The number of carbonyl (C=O) groups is 1. The van der Waals surface area contributed by atoms with Crippen molar-refractivity contribution in [2.75, 3.05) is 6.54 Å². The van der Waals surface area contributed by atoms with E-state index in [1.165, 1.54) is 24.3 Å². The van der Waals surface area contributed by atoms with Crippen molar-refractivity contribution in [3.63, 3.8) is 0 Å². The second-order valence-corrected chi connectivity index (χ2v) is 7.69. The monoisotopic (exact) mass is 325 g/mol. The van der Waals surface area contributed by atoms with Gasteiger partial charge in [-0.05, 0) is 37.0 Å². The van der Waals surface area contributed by atoms with E-state index in [2.05, 4.69) is 4.72 Å². The van der Waals surface area contributed by atoms with Gasteiger partial charge in [0.05, 0.1) is 4.90 Å². The number of rotatable bonds is 5. The van der Waals surface area contributed by atoms with Crippen molar-refractivity contribution in [3.05, 3.63) is 29.8 Å². The van der Waals surface area contributed by atoms with E-state index in [1.807, 2.05) is 6.92 Å². The van der Waals surface area contributed by atoms with Crippen molar-refractivity contribution in [3.8, 4) is 0 Å². The molecule has 0 saturated heterocycles. The summed E-state index contributed by atoms with van der Waals surface area (Å²) in [5.74, 6) is -0.489. The average Bonchev–Trinajstić information content (AvgIpc) is 2.49. The number of sulfonamides is 1. The number of hydrogen-bond acceptors (Lipinski definition) is 4. The Morgan fingerprint density at radius 1 is 1.41 bits per heavy atom. The molecule has 0 heterocycles. The molecule has 122 valence electrons. The first-order valence-corrected chi connectivity index (χ1v) is 8.93. The molecular formula is C15H23N3O3S. The van der Waals surface area contributed by atoms with E-state index in [9.17, 15) is 13.2 Å². The molecular weight excluding hydrogens is 302 g/mol. The molecule has 2 unspecified atom stereocenters. The Hall–Kier alpha value is -1.44. The Morgan fingerprint density at radius 2 is 2.14 bits per heavy atom. The topological polar surface area (TPSA) is 115 Å². The van der Waals surface area contributed by atoms with Gasteiger partial charge in [0.1, 0.15) is 0 Å². The average molecular weight is 325 g/mol. The van der Waals surface area contributed by atoms with Crippen LogP contribution in [0, 0.1) is 5.92 Å². The Labute approximate surface area is 131 Å². The van der Waals surface area contributed by atoms with Crippen LogP contribution in [0.3, 0.4) is 0 Å². The summed E-state index contributed by atoms with van der Waals surface area (Å²) in [6.07, 6.45) is 3.70. The Kier molecular flexibility index (Phi) is 4.89. The predicted molar refractivity (Wildman–Crippen MR) is 84.7 cm³/mol. The fraction of sp³-hybridized carbons (Fsp3) is 0.533. The van der Waals surface area contributed by atoms with E-state index in [0.717, 1.165) is 25.7 Å². The number of hydrogen-bond donors (Lipinski definition) is 3. The minimum absolute atomic E-state index is 0.0365. The molecule has 1 saturated carbocycles. The standard InChI is InChI=1S/C15H23N3O3S/c1-11-5-2-3-8-15(11,10-16)18-22(20,21)13-7-4-6-12(9-13)14(17)19/h4,6-7,9,11,18H,2-3,5,8,10,16H2,1H3,(H2,17,19). The van der Waals surface area contributed by atoms with Gasteiger partial charge in [-0.25, -0.2) is 13.1 Å². The lowest BCUT2D eigenvalue weighted by atomic mass is 9.74. The first-order chi connectivity index (χ1) is 10.3. The molecule has 6 nitrogen and oxygen atoms in total. The van der Waals surface area contributed by atoms with Crippen LogP contribution in [0.4, 0.5) is 0 Å². The van der Waals surface area contributed by atoms with Gasteiger partial charge in [-0.3, -0.25) is 4.79 Å². The third-order valence-corrected chi connectivity index (χ3v) is 6.13. The number of carbonyl (C=O) groups excluding carboxylic acids is 1. The number of nitrogens with one attached hydrogen (secondary N) is 1. The van der Waals surface area contributed by atoms with Crippen molar-refractivity contribution in [1.29, 1.82) is 0 Å². The van der Waals surface area contributed by atoms with Gasteiger partial charge in [0.2, 0.25) is 15.9 Å². The van der Waals surface area contributed by atoms with E-state index >= 15 is 0 Å². The zero-order chi connectivity index (χ0) is 16.4. The second-order valence-electron chi connectivity index (χ2n) is 6.00. The molecule has 5 N–H and O–H groups in total. The summed E-state index contributed by atoms with van der Waals surface area (Å²) in [6, 6.07) is 5.74. The first-order valence-electron chi connectivity index (χ1n) is 7.45. The lowest BCUT2D eigenvalue weighted by Gasteiger charge is -2.42. The lowest BCUT2D eigenvalue weighted by Crippen LogP contribution is -2.58. The molecule has 0 bridgehead atoms. The van der Waals surface area contributed by atoms with Crippen LogP contribution in [0.2, 0.25) is 0 Å². The van der Waals surface area contributed by atoms with E-state index in [4.69, 9.17) is 11.5 Å². The van der Waals surface area contributed by atoms with Crippen LogP contribution in [-0.4, -0.2) is 26.4 Å². The first kappa shape index (κ1) is 16.9. The number of nitrogens with two attached hydrogens (primary N) is 2. The fourth-order valence-corrected chi connectivity index (χ4v) is 4.63. The van der Waals surface area contributed by atoms with Gasteiger partial charge >= 0.3 is 0 Å². The summed E-state index contributed by atoms with van der Waals surface area (Å²) in [7, 11) is -3.76. The minimum atomic E-state index is -3.76. The van der Waals surface area contributed by atoms with Crippen LogP contribution in [-0.2, 0) is 10.0 Å². The minimum Gasteiger partial charge on any atom is -0.366 e. The molecule has 2 rings (SSSR count). The van der Waals surface area contributed by atoms with Crippen molar-refractivity contribution in [1.82, 2.24) is 4.72 Å². The van der Waals surface area contributed by atoms with Gasteiger partial charge < -0.3 is 11.5 Å². The van der Waals surface area contributed by atoms with E-state index in [1.54, 1.807) is 0 Å². The summed E-state index contributed by atoms with van der Waals surface area (Å²) < 4.78 is 28.1. The number of primary amides is 1. The number of benzene rings is 1. The van der Waals surface area contributed by atoms with Crippen LogP contribution in [0.15, 0.2) is 29.2 Å². The van der Waals surface area contributed by atoms with Gasteiger partial charge in [0.25, 0.3) is 0 Å². The SMILES string of the molecule is CC1CCCCC1(CN)NS(=O)(=O)c1cccc(C(N)=O)c1. The van der Waals surface area contributed by atoms with Crippen molar-refractivity contribution < 1.29 is 13.2 Å². The molecule has 1 aliphatic carbocycles. The molecule has 1 amide bonds. The molecule has 1 fully saturated rings. The van der Waals surface area contributed by atoms with E-state index in [0.29, 0.717) is 0 Å². The fourth-order valence-electron chi connectivity index (χ4n) is 3.05. The van der Waals surface area contributed by atoms with Gasteiger partial charge in [-0.2, -0.15) is 0 Å². The number of amides is 1. The summed E-state index contributed by atoms with van der Waals surface area (Å²) in [4.78, 5) is 11.3. The summed E-state index contributed by atoms with van der Waals surface area (Å²) >= 11 is 0. The highest BCUT2D eigenvalue weighted by Crippen LogP contribution is 2.34. The quantitative estimate of drug-likeness (QED) is 0.748. The third-order valence-electron chi connectivity index (χ3n) is 4.58. The third kappa shape index (κ3) is 3.31. The normalized spacial score (nSPS) is 25.8. The molecule has 22 heavy (non-hydrogen) atoms. The van der Waals surface area contributed by atoms with Crippen LogP contribution in [0.25, 0.3) is 0 Å². The molecule has 7 heteroatoms. The van der Waals surface area contributed by atoms with Crippen LogP contribution in [0.1, 0.15) is 43.0 Å². The maximum atomic E-state index is 12.7. The highest BCUT2D eigenvalue weighted by Gasteiger charge is 2.40. The Bertz CT molecular complexity index is 660. The second kappa shape index (κ2) is 6.36. The molecule has 2 atom stereocenters. The molecule has 0 spiro atoms. The zero-order valence-electron chi connectivity index (χ0n) is 12.7. The Balaban J connectivity index is 2.34. The molecule has 0 radical (unpaired) electrons. The summed E-state index contributed by atoms with van der Waals surface area (Å²) in [5.41, 5.74) is 10.6. The summed E-state index contributed by atoms with van der Waals surface area (Å²) in [6.45, 7) is 2.28. The lowest BCUT2D eigenvalue weighted by molar-refractivity contribution is 0.1000. The maximum absolute atomic E-state index is 12.7. The molecule has 1 aliphatic rings. The maximum Gasteiger partial charge on any atom is 0.248 e. The predicted octanol–water partition coefficient (Wildman–Crippen LogP) is 0.971. The van der Waals surface area contributed by atoms with Gasteiger partial charge in [-0.15, -0.1) is 0 Å². The van der Waals surface area contributed by atoms with Crippen molar-refractivity contribution in [2.24, 2.45) is 17.4 Å². The molecule has 1 aromatic carbocycles. The van der Waals surface area contributed by atoms with Crippen molar-refractivity contribution in [2.45, 2.75) is 43.0 Å². The highest BCUT2D eigenvalue weighted by atomic mass is 32.2. The Morgan fingerprint density at radius 3 is 2.73 bits per heavy atom. The van der Waals surface area contributed by atoms with E-state index in [-0.39, 0.29) is 22.9 Å². The highest BCUT2D eigenvalue weighted by molar-refractivity contribution is 7.89. The van der Waals surface area contributed by atoms with Crippen LogP contribution in [0.5, 0.6) is 0 Å². The summed E-state index contributed by atoms with van der Waals surface area (Å²) in [5, 5.41) is 0. The van der Waals surface area contributed by atoms with Crippen molar-refractivity contribution >= 4 is 15.9 Å². The van der Waals surface area contributed by atoms with E-state index < -0.39 is 21.5 Å². The van der Waals surface area contributed by atoms with Gasteiger partial charge in [0, 0.05) is 17.6 Å². The molecule has 1 aromatic rings. The smallest absolute Gasteiger partial charge is 0.248 e.